The van der Waals surface area contributed by atoms with E-state index in [1.807, 2.05) is 18.2 Å². The number of benzene rings is 1. The van der Waals surface area contributed by atoms with E-state index in [0.717, 1.165) is 18.5 Å². The van der Waals surface area contributed by atoms with Crippen molar-refractivity contribution in [1.82, 2.24) is 19.7 Å². The Kier molecular flexibility index (Phi) is 3.34. The molecule has 0 fully saturated rings. The second kappa shape index (κ2) is 5.64. The van der Waals surface area contributed by atoms with E-state index in [9.17, 15) is 4.79 Å². The van der Waals surface area contributed by atoms with Gasteiger partial charge in [0.15, 0.2) is 11.5 Å². The lowest BCUT2D eigenvalue weighted by molar-refractivity contribution is 0.0979. The van der Waals surface area contributed by atoms with Crippen molar-refractivity contribution in [3.05, 3.63) is 66.4 Å². The average Bonchev–Trinajstić information content (AvgIpc) is 3.15. The molecular weight excluding hydrogens is 290 g/mol. The highest BCUT2D eigenvalue weighted by atomic mass is 16.2. The zero-order chi connectivity index (χ0) is 15.6. The molecule has 0 saturated heterocycles. The van der Waals surface area contributed by atoms with Gasteiger partial charge in [-0.3, -0.25) is 9.36 Å². The van der Waals surface area contributed by atoms with Gasteiger partial charge in [0, 0.05) is 24.6 Å². The number of anilines is 1. The molecule has 1 aliphatic heterocycles. The first kappa shape index (κ1) is 13.6. The lowest BCUT2D eigenvalue weighted by Crippen LogP contribution is -2.36. The van der Waals surface area contributed by atoms with Crippen molar-refractivity contribution in [1.29, 1.82) is 0 Å². The molecule has 114 valence electrons. The van der Waals surface area contributed by atoms with Crippen LogP contribution in [0.2, 0.25) is 0 Å². The lowest BCUT2D eigenvalue weighted by Gasteiger charge is -2.29. The van der Waals surface area contributed by atoms with Gasteiger partial charge in [-0.05, 0) is 36.6 Å². The Morgan fingerprint density at radius 1 is 1.09 bits per heavy atom. The van der Waals surface area contributed by atoms with Gasteiger partial charge in [0.1, 0.15) is 6.33 Å². The van der Waals surface area contributed by atoms with Crippen LogP contribution in [-0.2, 0) is 6.42 Å². The Morgan fingerprint density at radius 3 is 2.78 bits per heavy atom. The summed E-state index contributed by atoms with van der Waals surface area (Å²) in [5, 5.41) is 8.21. The molecule has 0 bridgehead atoms. The molecule has 1 amide bonds. The second-order valence-electron chi connectivity index (χ2n) is 5.44. The molecule has 1 aliphatic rings. The van der Waals surface area contributed by atoms with E-state index in [4.69, 9.17) is 0 Å². The molecule has 1 aromatic carbocycles. The van der Waals surface area contributed by atoms with Crippen LogP contribution >= 0.6 is 0 Å². The molecule has 0 N–H and O–H groups in total. The van der Waals surface area contributed by atoms with Crippen LogP contribution in [0.15, 0.2) is 55.1 Å². The maximum Gasteiger partial charge on any atom is 0.278 e. The van der Waals surface area contributed by atoms with Gasteiger partial charge in [0.2, 0.25) is 0 Å². The fourth-order valence-corrected chi connectivity index (χ4v) is 2.85. The van der Waals surface area contributed by atoms with E-state index in [1.165, 1.54) is 5.56 Å². The van der Waals surface area contributed by atoms with Gasteiger partial charge in [-0.2, -0.15) is 0 Å². The summed E-state index contributed by atoms with van der Waals surface area (Å²) in [5.41, 5.74) is 2.53. The highest BCUT2D eigenvalue weighted by Crippen LogP contribution is 2.27. The number of carbonyl (C=O) groups excluding carboxylic acids is 1. The van der Waals surface area contributed by atoms with Gasteiger partial charge in [0.05, 0.1) is 0 Å². The predicted molar refractivity (Wildman–Crippen MR) is 85.6 cm³/mol. The Morgan fingerprint density at radius 2 is 2.00 bits per heavy atom. The molecule has 2 aromatic heterocycles. The molecule has 3 aromatic rings. The highest BCUT2D eigenvalue weighted by Gasteiger charge is 2.24. The number of hydrogen-bond donors (Lipinski definition) is 0. The van der Waals surface area contributed by atoms with Gasteiger partial charge in [-0.25, -0.2) is 4.98 Å². The second-order valence-corrected chi connectivity index (χ2v) is 5.44. The summed E-state index contributed by atoms with van der Waals surface area (Å²) in [7, 11) is 0. The van der Waals surface area contributed by atoms with E-state index < -0.39 is 0 Å². The van der Waals surface area contributed by atoms with E-state index in [0.29, 0.717) is 18.1 Å². The number of fused-ring (bicyclic) bond motifs is 1. The molecule has 0 atom stereocenters. The number of amides is 1. The number of aryl methyl sites for hydroxylation is 1. The van der Waals surface area contributed by atoms with Gasteiger partial charge >= 0.3 is 0 Å². The first-order chi connectivity index (χ1) is 11.3. The maximum atomic E-state index is 12.8. The van der Waals surface area contributed by atoms with Gasteiger partial charge in [-0.15, -0.1) is 10.2 Å². The SMILES string of the molecule is O=C(c1ccc(-n2ccnc2)nn1)N1CCCc2ccccc21. The van der Waals surface area contributed by atoms with E-state index >= 15 is 0 Å². The molecule has 6 heteroatoms. The molecule has 6 nitrogen and oxygen atoms in total. The third kappa shape index (κ3) is 2.48. The monoisotopic (exact) mass is 305 g/mol. The third-order valence-corrected chi connectivity index (χ3v) is 3.99. The zero-order valence-electron chi connectivity index (χ0n) is 12.5. The van der Waals surface area contributed by atoms with Crippen LogP contribution in [0, 0.1) is 0 Å². The van der Waals surface area contributed by atoms with Crippen LogP contribution in [0.25, 0.3) is 5.82 Å². The van der Waals surface area contributed by atoms with Gasteiger partial charge in [0.25, 0.3) is 5.91 Å². The van der Waals surface area contributed by atoms with E-state index in [-0.39, 0.29) is 5.91 Å². The summed E-state index contributed by atoms with van der Waals surface area (Å²) >= 11 is 0. The van der Waals surface area contributed by atoms with Crippen LogP contribution in [0.1, 0.15) is 22.5 Å². The largest absolute Gasteiger partial charge is 0.307 e. The van der Waals surface area contributed by atoms with Gasteiger partial charge < -0.3 is 4.90 Å². The fraction of sp³-hybridized carbons (Fsp3) is 0.176. The fourth-order valence-electron chi connectivity index (χ4n) is 2.85. The Bertz CT molecular complexity index is 826. The van der Waals surface area contributed by atoms with Crippen LogP contribution in [0.3, 0.4) is 0 Å². The third-order valence-electron chi connectivity index (χ3n) is 3.99. The predicted octanol–water partition coefficient (Wildman–Crippen LogP) is 2.26. The summed E-state index contributed by atoms with van der Waals surface area (Å²) in [6.45, 7) is 0.709. The van der Waals surface area contributed by atoms with Crippen molar-refractivity contribution in [2.24, 2.45) is 0 Å². The molecule has 4 rings (SSSR count). The number of rotatable bonds is 2. The first-order valence-electron chi connectivity index (χ1n) is 7.55. The van der Waals surface area contributed by atoms with Crippen molar-refractivity contribution in [3.8, 4) is 5.82 Å². The number of para-hydroxylation sites is 1. The summed E-state index contributed by atoms with van der Waals surface area (Å²) < 4.78 is 1.75. The number of hydrogen-bond acceptors (Lipinski definition) is 4. The molecule has 0 spiro atoms. The first-order valence-corrected chi connectivity index (χ1v) is 7.55. The quantitative estimate of drug-likeness (QED) is 0.728. The minimum atomic E-state index is -0.109. The summed E-state index contributed by atoms with van der Waals surface area (Å²) in [4.78, 5) is 18.5. The molecule has 23 heavy (non-hydrogen) atoms. The highest BCUT2D eigenvalue weighted by molar-refractivity contribution is 6.05. The number of aromatic nitrogens is 4. The minimum Gasteiger partial charge on any atom is -0.307 e. The number of nitrogens with zero attached hydrogens (tertiary/aromatic N) is 5. The number of carbonyl (C=O) groups is 1. The Balaban J connectivity index is 1.63. The lowest BCUT2D eigenvalue weighted by atomic mass is 10.0. The van der Waals surface area contributed by atoms with Crippen molar-refractivity contribution in [2.75, 3.05) is 11.4 Å². The Hall–Kier alpha value is -3.02. The standard InChI is InChI=1S/C17H15N5O/c23-17(22-10-3-5-13-4-1-2-6-15(13)22)14-7-8-16(20-19-14)21-11-9-18-12-21/h1-2,4,6-9,11-12H,3,5,10H2. The minimum absolute atomic E-state index is 0.109. The summed E-state index contributed by atoms with van der Waals surface area (Å²) in [6.07, 6.45) is 7.07. The summed E-state index contributed by atoms with van der Waals surface area (Å²) in [5.74, 6) is 0.528. The average molecular weight is 305 g/mol. The molecule has 0 unspecified atom stereocenters. The van der Waals surface area contributed by atoms with Crippen LogP contribution in [0.4, 0.5) is 5.69 Å². The maximum absolute atomic E-state index is 12.8. The van der Waals surface area contributed by atoms with E-state index in [1.54, 1.807) is 40.3 Å². The topological polar surface area (TPSA) is 63.9 Å². The molecule has 0 aliphatic carbocycles. The Labute approximate surface area is 133 Å². The van der Waals surface area contributed by atoms with Gasteiger partial charge in [-0.1, -0.05) is 18.2 Å². The van der Waals surface area contributed by atoms with Crippen molar-refractivity contribution >= 4 is 11.6 Å². The van der Waals surface area contributed by atoms with Crippen molar-refractivity contribution in [2.45, 2.75) is 12.8 Å². The van der Waals surface area contributed by atoms with E-state index in [2.05, 4.69) is 21.2 Å². The van der Waals surface area contributed by atoms with Crippen molar-refractivity contribution < 1.29 is 4.79 Å². The zero-order valence-corrected chi connectivity index (χ0v) is 12.5. The molecule has 0 saturated carbocycles. The van der Waals surface area contributed by atoms with Crippen LogP contribution in [0.5, 0.6) is 0 Å². The molecule has 0 radical (unpaired) electrons. The number of imidazole rings is 1. The summed E-state index contributed by atoms with van der Waals surface area (Å²) in [6, 6.07) is 11.5. The van der Waals surface area contributed by atoms with Crippen LogP contribution < -0.4 is 4.90 Å². The smallest absolute Gasteiger partial charge is 0.278 e. The molecular formula is C17H15N5O. The molecule has 3 heterocycles. The van der Waals surface area contributed by atoms with Crippen molar-refractivity contribution in [3.63, 3.8) is 0 Å². The normalized spacial score (nSPS) is 13.7. The van der Waals surface area contributed by atoms with Crippen LogP contribution in [-0.4, -0.2) is 32.2 Å².